The number of morpholine rings is 1. The largest absolute Gasteiger partial charge is 0.378 e. The lowest BCUT2D eigenvalue weighted by atomic mass is 10.2. The zero-order chi connectivity index (χ0) is 14.9. The van der Waals surface area contributed by atoms with E-state index in [1.165, 1.54) is 12.1 Å². The SMILES string of the molecule is NS(=O)(=O)c1cc(Br)cc(C(=O)N2CCOCC2)c1Cl. The number of ether oxygens (including phenoxy) is 1. The van der Waals surface area contributed by atoms with Gasteiger partial charge < -0.3 is 9.64 Å². The molecule has 9 heteroatoms. The van der Waals surface area contributed by atoms with E-state index in [-0.39, 0.29) is 21.4 Å². The second kappa shape index (κ2) is 5.98. The Morgan fingerprint density at radius 2 is 1.95 bits per heavy atom. The third kappa shape index (κ3) is 3.32. The average Bonchev–Trinajstić information content (AvgIpc) is 2.40. The summed E-state index contributed by atoms with van der Waals surface area (Å²) in [7, 11) is -4.00. The van der Waals surface area contributed by atoms with Crippen molar-refractivity contribution in [1.82, 2.24) is 4.90 Å². The van der Waals surface area contributed by atoms with Gasteiger partial charge in [0.15, 0.2) is 0 Å². The van der Waals surface area contributed by atoms with E-state index in [0.717, 1.165) is 0 Å². The number of benzene rings is 1. The van der Waals surface area contributed by atoms with Crippen molar-refractivity contribution >= 4 is 43.5 Å². The van der Waals surface area contributed by atoms with E-state index in [9.17, 15) is 13.2 Å². The molecule has 0 aromatic heterocycles. The highest BCUT2D eigenvalue weighted by atomic mass is 79.9. The number of sulfonamides is 1. The standard InChI is InChI=1S/C11H12BrClN2O4S/c12-7-5-8(10(13)9(6-7)20(14,17)18)11(16)15-1-3-19-4-2-15/h5-6H,1-4H2,(H2,14,17,18). The van der Waals surface area contributed by atoms with E-state index >= 15 is 0 Å². The number of carbonyl (C=O) groups is 1. The lowest BCUT2D eigenvalue weighted by molar-refractivity contribution is 0.0303. The molecule has 20 heavy (non-hydrogen) atoms. The summed E-state index contributed by atoms with van der Waals surface area (Å²) in [4.78, 5) is 13.7. The molecule has 1 aliphatic rings. The van der Waals surface area contributed by atoms with Crippen LogP contribution in [0.1, 0.15) is 10.4 Å². The Labute approximate surface area is 130 Å². The van der Waals surface area contributed by atoms with E-state index < -0.39 is 10.0 Å². The lowest BCUT2D eigenvalue weighted by Gasteiger charge is -2.27. The molecule has 2 N–H and O–H groups in total. The summed E-state index contributed by atoms with van der Waals surface area (Å²) in [6, 6.07) is 2.75. The fourth-order valence-electron chi connectivity index (χ4n) is 1.86. The smallest absolute Gasteiger partial charge is 0.255 e. The highest BCUT2D eigenvalue weighted by molar-refractivity contribution is 9.10. The van der Waals surface area contributed by atoms with Gasteiger partial charge in [0.1, 0.15) is 4.90 Å². The van der Waals surface area contributed by atoms with Gasteiger partial charge >= 0.3 is 0 Å². The maximum atomic E-state index is 12.4. The van der Waals surface area contributed by atoms with Crippen LogP contribution in [0.2, 0.25) is 5.02 Å². The van der Waals surface area contributed by atoms with Gasteiger partial charge in [-0.3, -0.25) is 4.79 Å². The first-order valence-corrected chi connectivity index (χ1v) is 8.41. The summed E-state index contributed by atoms with van der Waals surface area (Å²) in [5, 5.41) is 4.94. The van der Waals surface area contributed by atoms with Gasteiger partial charge in [0.25, 0.3) is 5.91 Å². The molecule has 0 spiro atoms. The lowest BCUT2D eigenvalue weighted by Crippen LogP contribution is -2.40. The second-order valence-corrected chi connectivity index (χ2v) is 7.04. The minimum Gasteiger partial charge on any atom is -0.378 e. The van der Waals surface area contributed by atoms with Crippen LogP contribution in [0.3, 0.4) is 0 Å². The Hall–Kier alpha value is -0.670. The molecule has 2 rings (SSSR count). The van der Waals surface area contributed by atoms with Crippen molar-refractivity contribution in [1.29, 1.82) is 0 Å². The molecule has 1 heterocycles. The number of amides is 1. The zero-order valence-corrected chi connectivity index (χ0v) is 13.5. The van der Waals surface area contributed by atoms with Gasteiger partial charge in [-0.05, 0) is 12.1 Å². The Balaban J connectivity index is 2.46. The number of carbonyl (C=O) groups excluding carboxylic acids is 1. The zero-order valence-electron chi connectivity index (χ0n) is 10.3. The molecule has 0 atom stereocenters. The van der Waals surface area contributed by atoms with Gasteiger partial charge in [-0.1, -0.05) is 27.5 Å². The van der Waals surface area contributed by atoms with Crippen molar-refractivity contribution in [2.75, 3.05) is 26.3 Å². The molecule has 110 valence electrons. The van der Waals surface area contributed by atoms with Crippen molar-refractivity contribution < 1.29 is 17.9 Å². The molecule has 6 nitrogen and oxygen atoms in total. The van der Waals surface area contributed by atoms with E-state index in [1.807, 2.05) is 0 Å². The van der Waals surface area contributed by atoms with Crippen LogP contribution in [0.25, 0.3) is 0 Å². The highest BCUT2D eigenvalue weighted by Crippen LogP contribution is 2.30. The summed E-state index contributed by atoms with van der Waals surface area (Å²) in [6.45, 7) is 1.76. The van der Waals surface area contributed by atoms with Crippen molar-refractivity contribution in [3.8, 4) is 0 Å². The topological polar surface area (TPSA) is 89.7 Å². The molecule has 1 aromatic carbocycles. The first kappa shape index (κ1) is 15.7. The number of nitrogens with zero attached hydrogens (tertiary/aromatic N) is 1. The number of hydrogen-bond donors (Lipinski definition) is 1. The van der Waals surface area contributed by atoms with Crippen LogP contribution in [0.5, 0.6) is 0 Å². The summed E-state index contributed by atoms with van der Waals surface area (Å²) < 4.78 is 28.6. The Bertz CT molecular complexity index is 644. The van der Waals surface area contributed by atoms with Gasteiger partial charge in [-0.15, -0.1) is 0 Å². The Morgan fingerprint density at radius 3 is 2.50 bits per heavy atom. The molecule has 1 fully saturated rings. The second-order valence-electron chi connectivity index (χ2n) is 4.22. The predicted octanol–water partition coefficient (Wildman–Crippen LogP) is 1.22. The maximum Gasteiger partial charge on any atom is 0.255 e. The minimum atomic E-state index is -4.00. The van der Waals surface area contributed by atoms with E-state index in [0.29, 0.717) is 30.8 Å². The van der Waals surface area contributed by atoms with Crippen LogP contribution in [0.15, 0.2) is 21.5 Å². The number of rotatable bonds is 2. The summed E-state index contributed by atoms with van der Waals surface area (Å²) in [6.07, 6.45) is 0. The van der Waals surface area contributed by atoms with Crippen molar-refractivity contribution in [2.24, 2.45) is 5.14 Å². The van der Waals surface area contributed by atoms with Gasteiger partial charge in [0.05, 0.1) is 23.8 Å². The van der Waals surface area contributed by atoms with Crippen LogP contribution < -0.4 is 5.14 Å². The third-order valence-electron chi connectivity index (χ3n) is 2.84. The monoisotopic (exact) mass is 382 g/mol. The molecule has 0 bridgehead atoms. The maximum absolute atomic E-state index is 12.4. The molecule has 1 saturated heterocycles. The Morgan fingerprint density at radius 1 is 1.35 bits per heavy atom. The molecule has 1 aromatic rings. The molecule has 1 amide bonds. The predicted molar refractivity (Wildman–Crippen MR) is 77.2 cm³/mol. The first-order chi connectivity index (χ1) is 9.30. The van der Waals surface area contributed by atoms with E-state index in [1.54, 1.807) is 4.90 Å². The molecule has 0 unspecified atom stereocenters. The number of nitrogens with two attached hydrogens (primary N) is 1. The van der Waals surface area contributed by atoms with Gasteiger partial charge in [-0.25, -0.2) is 13.6 Å². The minimum absolute atomic E-state index is 0.104. The van der Waals surface area contributed by atoms with Gasteiger partial charge in [-0.2, -0.15) is 0 Å². The number of hydrogen-bond acceptors (Lipinski definition) is 4. The van der Waals surface area contributed by atoms with Crippen molar-refractivity contribution in [3.05, 3.63) is 27.2 Å². The molecule has 1 aliphatic heterocycles. The fraction of sp³-hybridized carbons (Fsp3) is 0.364. The number of primary sulfonamides is 1. The normalized spacial score (nSPS) is 16.2. The third-order valence-corrected chi connectivity index (χ3v) is 4.75. The van der Waals surface area contributed by atoms with Crippen LogP contribution in [-0.2, 0) is 14.8 Å². The summed E-state index contributed by atoms with van der Waals surface area (Å²) in [5.74, 6) is -0.343. The summed E-state index contributed by atoms with van der Waals surface area (Å²) in [5.41, 5.74) is 0.104. The van der Waals surface area contributed by atoms with E-state index in [2.05, 4.69) is 15.9 Å². The molecule has 0 saturated carbocycles. The van der Waals surface area contributed by atoms with Crippen LogP contribution >= 0.6 is 27.5 Å². The molecule has 0 aliphatic carbocycles. The average molecular weight is 384 g/mol. The number of halogens is 2. The quantitative estimate of drug-likeness (QED) is 0.831. The van der Waals surface area contributed by atoms with E-state index in [4.69, 9.17) is 21.5 Å². The van der Waals surface area contributed by atoms with Crippen molar-refractivity contribution in [3.63, 3.8) is 0 Å². The molecular formula is C11H12BrClN2O4S. The van der Waals surface area contributed by atoms with Crippen LogP contribution in [-0.4, -0.2) is 45.5 Å². The molecular weight excluding hydrogens is 372 g/mol. The first-order valence-electron chi connectivity index (χ1n) is 5.69. The summed E-state index contributed by atoms with van der Waals surface area (Å²) >= 11 is 9.18. The van der Waals surface area contributed by atoms with Crippen LogP contribution in [0, 0.1) is 0 Å². The van der Waals surface area contributed by atoms with Gasteiger partial charge in [0, 0.05) is 17.6 Å². The van der Waals surface area contributed by atoms with Gasteiger partial charge in [0.2, 0.25) is 10.0 Å². The fourth-order valence-corrected chi connectivity index (χ4v) is 3.64. The Kier molecular flexibility index (Phi) is 4.70. The molecule has 0 radical (unpaired) electrons. The highest BCUT2D eigenvalue weighted by Gasteiger charge is 2.25. The van der Waals surface area contributed by atoms with Crippen LogP contribution in [0.4, 0.5) is 0 Å². The van der Waals surface area contributed by atoms with Crippen molar-refractivity contribution in [2.45, 2.75) is 4.90 Å².